The van der Waals surface area contributed by atoms with Crippen LogP contribution >= 0.6 is 11.6 Å². The lowest BCUT2D eigenvalue weighted by molar-refractivity contribution is -0.123. The summed E-state index contributed by atoms with van der Waals surface area (Å²) in [4.78, 5) is 55.6. The summed E-state index contributed by atoms with van der Waals surface area (Å²) in [6, 6.07) is 12.4. The van der Waals surface area contributed by atoms with Crippen LogP contribution in [0, 0.1) is 24.7 Å². The summed E-state index contributed by atoms with van der Waals surface area (Å²) < 4.78 is 5.51. The van der Waals surface area contributed by atoms with Gasteiger partial charge in [-0.2, -0.15) is 0 Å². The molecular weight excluding hydrogens is 530 g/mol. The minimum absolute atomic E-state index is 0.113. The first-order valence-electron chi connectivity index (χ1n) is 13.4. The van der Waals surface area contributed by atoms with E-state index in [0.717, 1.165) is 16.7 Å². The number of carbonyl (C=O) groups excluding carboxylic acids is 4. The highest BCUT2D eigenvalue weighted by Crippen LogP contribution is 2.55. The number of amides is 2. The van der Waals surface area contributed by atoms with E-state index in [-0.39, 0.29) is 43.0 Å². The van der Waals surface area contributed by atoms with Gasteiger partial charge in [-0.3, -0.25) is 19.2 Å². The summed E-state index contributed by atoms with van der Waals surface area (Å²) in [7, 11) is 0. The molecule has 1 saturated heterocycles. The number of allylic oxidation sites excluding steroid dienone is 6. The molecule has 6 rings (SSSR count). The van der Waals surface area contributed by atoms with Crippen molar-refractivity contribution in [1.82, 2.24) is 0 Å². The molecular formula is C32H28ClNO6. The van der Waals surface area contributed by atoms with Gasteiger partial charge in [0.15, 0.2) is 11.6 Å². The van der Waals surface area contributed by atoms with Gasteiger partial charge in [0.25, 0.3) is 0 Å². The van der Waals surface area contributed by atoms with Crippen LogP contribution in [0.25, 0.3) is 0 Å². The van der Waals surface area contributed by atoms with Crippen molar-refractivity contribution in [2.24, 2.45) is 17.8 Å². The molecule has 0 aromatic heterocycles. The zero-order valence-corrected chi connectivity index (χ0v) is 22.9. The summed E-state index contributed by atoms with van der Waals surface area (Å²) in [5.74, 6) is -2.52. The van der Waals surface area contributed by atoms with E-state index in [1.54, 1.807) is 37.3 Å². The zero-order chi connectivity index (χ0) is 28.3. The van der Waals surface area contributed by atoms with Crippen LogP contribution in [-0.4, -0.2) is 41.7 Å². The monoisotopic (exact) mass is 557 g/mol. The molecule has 2 aromatic carbocycles. The largest absolute Gasteiger partial charge is 0.491 e. The second-order valence-electron chi connectivity index (χ2n) is 10.8. The van der Waals surface area contributed by atoms with Crippen LogP contribution in [0.1, 0.15) is 36.8 Å². The van der Waals surface area contributed by atoms with Crippen molar-refractivity contribution in [3.8, 4) is 5.75 Å². The molecule has 40 heavy (non-hydrogen) atoms. The second-order valence-corrected chi connectivity index (χ2v) is 11.2. The van der Waals surface area contributed by atoms with Crippen LogP contribution in [0.4, 0.5) is 5.69 Å². The Morgan fingerprint density at radius 2 is 1.75 bits per heavy atom. The lowest BCUT2D eigenvalue weighted by atomic mass is 9.59. The number of fused-ring (bicyclic) bond motifs is 3. The number of anilines is 1. The third-order valence-corrected chi connectivity index (χ3v) is 8.96. The molecule has 2 amide bonds. The first-order valence-corrected chi connectivity index (χ1v) is 13.8. The normalized spacial score (nSPS) is 25.9. The Bertz CT molecular complexity index is 1570. The maximum Gasteiger partial charge on any atom is 0.238 e. The summed E-state index contributed by atoms with van der Waals surface area (Å²) >= 11 is 6.33. The molecule has 1 aliphatic heterocycles. The summed E-state index contributed by atoms with van der Waals surface area (Å²) in [6.07, 6.45) is 3.97. The lowest BCUT2D eigenvalue weighted by Gasteiger charge is -2.42. The van der Waals surface area contributed by atoms with Gasteiger partial charge >= 0.3 is 0 Å². The Kier molecular flexibility index (Phi) is 6.59. The maximum atomic E-state index is 14.0. The molecule has 1 N–H and O–H groups in total. The Morgan fingerprint density at radius 3 is 2.45 bits per heavy atom. The number of benzene rings is 2. The smallest absolute Gasteiger partial charge is 0.238 e. The third-order valence-electron chi connectivity index (χ3n) is 8.55. The van der Waals surface area contributed by atoms with Crippen molar-refractivity contribution in [2.75, 3.05) is 18.1 Å². The lowest BCUT2D eigenvalue weighted by Crippen LogP contribution is -2.39. The fourth-order valence-corrected chi connectivity index (χ4v) is 6.81. The fourth-order valence-electron chi connectivity index (χ4n) is 6.64. The average molecular weight is 558 g/mol. The van der Waals surface area contributed by atoms with Crippen LogP contribution in [0.2, 0.25) is 5.02 Å². The van der Waals surface area contributed by atoms with E-state index in [4.69, 9.17) is 21.4 Å². The molecule has 4 atom stereocenters. The number of hydrogen-bond donors (Lipinski definition) is 1. The van der Waals surface area contributed by atoms with E-state index in [1.807, 2.05) is 25.1 Å². The second kappa shape index (κ2) is 9.98. The van der Waals surface area contributed by atoms with E-state index < -0.39 is 23.7 Å². The van der Waals surface area contributed by atoms with E-state index in [1.165, 1.54) is 11.0 Å². The van der Waals surface area contributed by atoms with Crippen molar-refractivity contribution >= 4 is 40.7 Å². The molecule has 0 radical (unpaired) electrons. The van der Waals surface area contributed by atoms with Crippen LogP contribution in [-0.2, 0) is 19.2 Å². The van der Waals surface area contributed by atoms with Crippen LogP contribution < -0.4 is 9.64 Å². The van der Waals surface area contributed by atoms with E-state index in [2.05, 4.69) is 0 Å². The highest BCUT2D eigenvalue weighted by molar-refractivity contribution is 6.32. The molecule has 0 bridgehead atoms. The van der Waals surface area contributed by atoms with Crippen LogP contribution in [0.3, 0.4) is 0 Å². The van der Waals surface area contributed by atoms with Crippen molar-refractivity contribution in [3.05, 3.63) is 93.1 Å². The number of ketones is 2. The summed E-state index contributed by atoms with van der Waals surface area (Å²) in [6.45, 7) is 3.55. The number of ether oxygens (including phenoxy) is 1. The van der Waals surface area contributed by atoms with E-state index in [9.17, 15) is 19.2 Å². The highest BCUT2D eigenvalue weighted by Gasteiger charge is 2.56. The number of Topliss-reactive ketones (excluding diaryl/α,β-unsaturated/α-hetero) is 1. The number of aliphatic hydroxyl groups excluding tert-OH is 1. The summed E-state index contributed by atoms with van der Waals surface area (Å²) in [5, 5.41) is 9.55. The molecule has 8 heteroatoms. The van der Waals surface area contributed by atoms with Gasteiger partial charge in [0.05, 0.1) is 24.1 Å². The molecule has 0 saturated carbocycles. The van der Waals surface area contributed by atoms with Crippen molar-refractivity contribution in [1.29, 1.82) is 0 Å². The Balaban J connectivity index is 1.43. The van der Waals surface area contributed by atoms with E-state index in [0.29, 0.717) is 39.6 Å². The average Bonchev–Trinajstić information content (AvgIpc) is 3.21. The summed E-state index contributed by atoms with van der Waals surface area (Å²) in [5.41, 5.74) is 4.23. The molecule has 1 fully saturated rings. The fraction of sp³-hybridized carbons (Fsp3) is 0.312. The SMILES string of the molecule is CC1=CC(=O)C2=C(C1=O)[C@@H](c1ccc(OCCO)cc1)C1=CC[C@@H]3C(=O)N(c4ccc(C)c(Cl)c4)C(=O)[C@@H]3[C@@H]1C2. The van der Waals surface area contributed by atoms with Crippen molar-refractivity contribution in [2.45, 2.75) is 32.6 Å². The number of imide groups is 1. The molecule has 1 heterocycles. The van der Waals surface area contributed by atoms with Gasteiger partial charge in [-0.15, -0.1) is 0 Å². The molecule has 2 aromatic rings. The minimum atomic E-state index is -0.647. The van der Waals surface area contributed by atoms with E-state index >= 15 is 0 Å². The molecule has 4 aliphatic rings. The van der Waals surface area contributed by atoms with Crippen molar-refractivity contribution in [3.63, 3.8) is 0 Å². The highest BCUT2D eigenvalue weighted by atomic mass is 35.5. The predicted molar refractivity (Wildman–Crippen MR) is 149 cm³/mol. The number of nitrogens with zero attached hydrogens (tertiary/aromatic N) is 1. The Labute approximate surface area is 236 Å². The van der Waals surface area contributed by atoms with Gasteiger partial charge in [0.2, 0.25) is 11.8 Å². The molecule has 0 spiro atoms. The molecule has 3 aliphatic carbocycles. The topological polar surface area (TPSA) is 101 Å². The first-order chi connectivity index (χ1) is 19.2. The maximum absolute atomic E-state index is 14.0. The minimum Gasteiger partial charge on any atom is -0.491 e. The first kappa shape index (κ1) is 26.4. The Morgan fingerprint density at radius 1 is 1.00 bits per heavy atom. The standard InChI is InChI=1S/C32H28ClNO6/c1-16-3-6-19(14-25(16)33)34-31(38)22-10-9-21-23(28(22)32(34)39)15-24-26(36)13-17(2)30(37)29(24)27(21)18-4-7-20(8-5-18)40-12-11-35/h3-9,13-14,22-23,27-28,35H,10-12,15H2,1-2H3/t22-,23+,27-,28-/m0/s1. The Hall–Kier alpha value is -3.81. The van der Waals surface area contributed by atoms with Gasteiger partial charge in [-0.05, 0) is 74.1 Å². The predicted octanol–water partition coefficient (Wildman–Crippen LogP) is 4.65. The number of carbonyl (C=O) groups is 4. The van der Waals surface area contributed by atoms with Crippen LogP contribution in [0.5, 0.6) is 5.75 Å². The number of rotatable bonds is 5. The molecule has 0 unspecified atom stereocenters. The van der Waals surface area contributed by atoms with Gasteiger partial charge in [-0.1, -0.05) is 41.4 Å². The van der Waals surface area contributed by atoms with Gasteiger partial charge < -0.3 is 9.84 Å². The zero-order valence-electron chi connectivity index (χ0n) is 22.1. The number of hydrogen-bond acceptors (Lipinski definition) is 6. The van der Waals surface area contributed by atoms with Crippen molar-refractivity contribution < 1.29 is 29.0 Å². The third kappa shape index (κ3) is 4.07. The van der Waals surface area contributed by atoms with Gasteiger partial charge in [-0.25, -0.2) is 4.90 Å². The number of aryl methyl sites for hydroxylation is 1. The quantitative estimate of drug-likeness (QED) is 0.326. The molecule has 204 valence electrons. The molecule has 7 nitrogen and oxygen atoms in total. The van der Waals surface area contributed by atoms with Crippen LogP contribution in [0.15, 0.2) is 76.9 Å². The van der Waals surface area contributed by atoms with Gasteiger partial charge in [0.1, 0.15) is 12.4 Å². The number of aliphatic hydroxyl groups is 1. The van der Waals surface area contributed by atoms with Gasteiger partial charge in [0, 0.05) is 27.7 Å². The number of halogens is 1.